The van der Waals surface area contributed by atoms with E-state index in [1.807, 2.05) is 6.92 Å². The summed E-state index contributed by atoms with van der Waals surface area (Å²) >= 11 is 0. The lowest BCUT2D eigenvalue weighted by molar-refractivity contribution is 0.410. The topological polar surface area (TPSA) is 12.5 Å². The standard InChI is InChI=1S/C6H10O/c1-2-3-4-6-5-7-6/h2-3,6H,4-5H2,1H3/b3-2-/t6-/m1/s1. The third kappa shape index (κ3) is 1.74. The second-order valence-corrected chi connectivity index (χ2v) is 1.76. The van der Waals surface area contributed by atoms with Crippen molar-refractivity contribution < 1.29 is 4.74 Å². The average molecular weight is 98.1 g/mol. The van der Waals surface area contributed by atoms with Crippen LogP contribution in [0.5, 0.6) is 0 Å². The van der Waals surface area contributed by atoms with Gasteiger partial charge in [0.25, 0.3) is 0 Å². The minimum absolute atomic E-state index is 0.566. The van der Waals surface area contributed by atoms with Gasteiger partial charge in [-0.05, 0) is 13.3 Å². The highest BCUT2D eigenvalue weighted by Gasteiger charge is 2.19. The summed E-state index contributed by atoms with van der Waals surface area (Å²) in [5.74, 6) is 0. The van der Waals surface area contributed by atoms with Gasteiger partial charge in [-0.1, -0.05) is 12.2 Å². The van der Waals surface area contributed by atoms with E-state index in [0.29, 0.717) is 6.10 Å². The van der Waals surface area contributed by atoms with Crippen LogP contribution < -0.4 is 0 Å². The van der Waals surface area contributed by atoms with Gasteiger partial charge in [-0.2, -0.15) is 0 Å². The van der Waals surface area contributed by atoms with E-state index in [-0.39, 0.29) is 0 Å². The zero-order valence-corrected chi connectivity index (χ0v) is 4.55. The Kier molecular flexibility index (Phi) is 1.47. The van der Waals surface area contributed by atoms with Crippen LogP contribution in [0.15, 0.2) is 12.2 Å². The Balaban J connectivity index is 1.98. The Morgan fingerprint density at radius 3 is 3.00 bits per heavy atom. The molecule has 0 amide bonds. The van der Waals surface area contributed by atoms with Gasteiger partial charge in [0, 0.05) is 0 Å². The van der Waals surface area contributed by atoms with E-state index in [2.05, 4.69) is 12.2 Å². The maximum atomic E-state index is 4.96. The summed E-state index contributed by atoms with van der Waals surface area (Å²) in [5, 5.41) is 0. The molecule has 0 radical (unpaired) electrons. The quantitative estimate of drug-likeness (QED) is 0.375. The first-order valence-corrected chi connectivity index (χ1v) is 2.66. The van der Waals surface area contributed by atoms with Crippen molar-refractivity contribution in [3.05, 3.63) is 12.2 Å². The minimum Gasteiger partial charge on any atom is -0.373 e. The molecule has 0 spiro atoms. The molecule has 1 heterocycles. The van der Waals surface area contributed by atoms with Crippen molar-refractivity contribution in [1.29, 1.82) is 0 Å². The number of epoxide rings is 1. The molecule has 1 nitrogen and oxygen atoms in total. The summed E-state index contributed by atoms with van der Waals surface area (Å²) in [7, 11) is 0. The molecule has 1 heteroatoms. The molecule has 0 aromatic rings. The van der Waals surface area contributed by atoms with Crippen molar-refractivity contribution in [3.8, 4) is 0 Å². The summed E-state index contributed by atoms with van der Waals surface area (Å²) in [4.78, 5) is 0. The maximum absolute atomic E-state index is 4.96. The van der Waals surface area contributed by atoms with Crippen LogP contribution >= 0.6 is 0 Å². The molecule has 1 atom stereocenters. The second kappa shape index (κ2) is 2.12. The van der Waals surface area contributed by atoms with Gasteiger partial charge in [-0.3, -0.25) is 0 Å². The summed E-state index contributed by atoms with van der Waals surface area (Å²) in [5.41, 5.74) is 0. The minimum atomic E-state index is 0.566. The van der Waals surface area contributed by atoms with Crippen molar-refractivity contribution in [2.75, 3.05) is 6.61 Å². The molecule has 0 N–H and O–H groups in total. The molecule has 1 fully saturated rings. The van der Waals surface area contributed by atoms with Gasteiger partial charge >= 0.3 is 0 Å². The Hall–Kier alpha value is -0.300. The molecule has 1 aliphatic rings. The molecule has 1 aliphatic heterocycles. The fourth-order valence-electron chi connectivity index (χ4n) is 0.492. The van der Waals surface area contributed by atoms with Gasteiger partial charge in [-0.15, -0.1) is 0 Å². The van der Waals surface area contributed by atoms with Crippen LogP contribution in [0.4, 0.5) is 0 Å². The Morgan fingerprint density at radius 2 is 2.57 bits per heavy atom. The molecule has 7 heavy (non-hydrogen) atoms. The molecule has 0 aromatic heterocycles. The number of hydrogen-bond donors (Lipinski definition) is 0. The van der Waals surface area contributed by atoms with Gasteiger partial charge in [0.15, 0.2) is 0 Å². The van der Waals surface area contributed by atoms with Gasteiger partial charge in [0.05, 0.1) is 12.7 Å². The molecular formula is C6H10O. The second-order valence-electron chi connectivity index (χ2n) is 1.76. The van der Waals surface area contributed by atoms with E-state index in [4.69, 9.17) is 4.74 Å². The number of allylic oxidation sites excluding steroid dienone is 1. The third-order valence-corrected chi connectivity index (χ3v) is 1.04. The number of hydrogen-bond acceptors (Lipinski definition) is 1. The average Bonchev–Trinajstić information content (AvgIpc) is 2.42. The summed E-state index contributed by atoms with van der Waals surface area (Å²) in [6.45, 7) is 3.01. The van der Waals surface area contributed by atoms with Gasteiger partial charge in [0.1, 0.15) is 0 Å². The zero-order valence-electron chi connectivity index (χ0n) is 4.55. The lowest BCUT2D eigenvalue weighted by atomic mass is 10.3. The van der Waals surface area contributed by atoms with Crippen LogP contribution in [-0.4, -0.2) is 12.7 Å². The summed E-state index contributed by atoms with van der Waals surface area (Å²) < 4.78 is 4.96. The summed E-state index contributed by atoms with van der Waals surface area (Å²) in [6.07, 6.45) is 5.87. The van der Waals surface area contributed by atoms with Crippen molar-refractivity contribution >= 4 is 0 Å². The van der Waals surface area contributed by atoms with Crippen LogP contribution in [0.3, 0.4) is 0 Å². The first kappa shape index (κ1) is 4.85. The fraction of sp³-hybridized carbons (Fsp3) is 0.667. The third-order valence-electron chi connectivity index (χ3n) is 1.04. The molecule has 1 rings (SSSR count). The van der Waals surface area contributed by atoms with E-state index in [1.165, 1.54) is 0 Å². The van der Waals surface area contributed by atoms with Crippen LogP contribution in [0.2, 0.25) is 0 Å². The first-order chi connectivity index (χ1) is 3.43. The molecule has 0 unspecified atom stereocenters. The molecule has 0 aromatic carbocycles. The number of ether oxygens (including phenoxy) is 1. The summed E-state index contributed by atoms with van der Waals surface area (Å²) in [6, 6.07) is 0. The van der Waals surface area contributed by atoms with E-state index in [9.17, 15) is 0 Å². The van der Waals surface area contributed by atoms with Crippen LogP contribution in [0.1, 0.15) is 13.3 Å². The van der Waals surface area contributed by atoms with E-state index >= 15 is 0 Å². The van der Waals surface area contributed by atoms with E-state index < -0.39 is 0 Å². The Bertz CT molecular complexity index is 72.2. The highest BCUT2D eigenvalue weighted by atomic mass is 16.6. The normalized spacial score (nSPS) is 29.0. The van der Waals surface area contributed by atoms with Gasteiger partial charge in [0.2, 0.25) is 0 Å². The molecule has 0 bridgehead atoms. The lowest BCUT2D eigenvalue weighted by Crippen LogP contribution is -1.76. The van der Waals surface area contributed by atoms with E-state index in [0.717, 1.165) is 13.0 Å². The monoisotopic (exact) mass is 98.1 g/mol. The molecular weight excluding hydrogens is 88.1 g/mol. The van der Waals surface area contributed by atoms with Crippen LogP contribution in [0.25, 0.3) is 0 Å². The Morgan fingerprint density at radius 1 is 1.86 bits per heavy atom. The molecule has 1 saturated heterocycles. The molecule has 40 valence electrons. The fourth-order valence-corrected chi connectivity index (χ4v) is 0.492. The van der Waals surface area contributed by atoms with Crippen molar-refractivity contribution in [2.45, 2.75) is 19.4 Å². The molecule has 0 aliphatic carbocycles. The van der Waals surface area contributed by atoms with Gasteiger partial charge in [-0.25, -0.2) is 0 Å². The molecule has 0 saturated carbocycles. The first-order valence-electron chi connectivity index (χ1n) is 2.66. The lowest BCUT2D eigenvalue weighted by Gasteiger charge is -1.77. The van der Waals surface area contributed by atoms with Crippen LogP contribution in [0, 0.1) is 0 Å². The van der Waals surface area contributed by atoms with Crippen LogP contribution in [-0.2, 0) is 4.74 Å². The van der Waals surface area contributed by atoms with Crippen molar-refractivity contribution in [2.24, 2.45) is 0 Å². The highest BCUT2D eigenvalue weighted by molar-refractivity contribution is 4.84. The van der Waals surface area contributed by atoms with E-state index in [1.54, 1.807) is 0 Å². The largest absolute Gasteiger partial charge is 0.373 e. The SMILES string of the molecule is C/C=C\C[C@@H]1CO1. The van der Waals surface area contributed by atoms with Crippen molar-refractivity contribution in [3.63, 3.8) is 0 Å². The highest BCUT2D eigenvalue weighted by Crippen LogP contribution is 2.12. The number of rotatable bonds is 2. The predicted molar refractivity (Wildman–Crippen MR) is 29.2 cm³/mol. The van der Waals surface area contributed by atoms with Crippen molar-refractivity contribution in [1.82, 2.24) is 0 Å². The predicted octanol–water partition coefficient (Wildman–Crippen LogP) is 1.35. The maximum Gasteiger partial charge on any atom is 0.0844 e. The Labute approximate surface area is 44.0 Å². The van der Waals surface area contributed by atoms with Gasteiger partial charge < -0.3 is 4.74 Å². The zero-order chi connectivity index (χ0) is 5.11. The smallest absolute Gasteiger partial charge is 0.0844 e.